The third-order valence-corrected chi connectivity index (χ3v) is 4.61. The van der Waals surface area contributed by atoms with E-state index in [0.717, 1.165) is 34.7 Å². The molecule has 0 saturated heterocycles. The molecule has 0 fully saturated rings. The second-order valence-electron chi connectivity index (χ2n) is 4.92. The normalized spacial score (nSPS) is 13.5. The standard InChI is InChI=1S/C15H15NO2S/c1-10-5-7-14(19-10)13(17)9-16-12-4-2-3-11(12)6-8-15(16)18/h5-8H,2-4,9H2,1H3. The smallest absolute Gasteiger partial charge is 0.251 e. The average Bonchev–Trinajstić information content (AvgIpc) is 3.01. The van der Waals surface area contributed by atoms with Crippen molar-refractivity contribution in [1.29, 1.82) is 0 Å². The number of carbonyl (C=O) groups excluding carboxylic acids is 1. The number of aryl methyl sites for hydroxylation is 2. The van der Waals surface area contributed by atoms with E-state index >= 15 is 0 Å². The van der Waals surface area contributed by atoms with Crippen LogP contribution in [0, 0.1) is 6.92 Å². The van der Waals surface area contributed by atoms with Crippen molar-refractivity contribution in [2.75, 3.05) is 0 Å². The molecule has 3 rings (SSSR count). The Balaban J connectivity index is 1.94. The quantitative estimate of drug-likeness (QED) is 0.806. The predicted molar refractivity (Wildman–Crippen MR) is 76.1 cm³/mol. The summed E-state index contributed by atoms with van der Waals surface area (Å²) in [4.78, 5) is 26.1. The van der Waals surface area contributed by atoms with Crippen molar-refractivity contribution in [1.82, 2.24) is 4.57 Å². The van der Waals surface area contributed by atoms with Crippen LogP contribution in [0.15, 0.2) is 29.1 Å². The Bertz CT molecular complexity index is 696. The minimum atomic E-state index is -0.0673. The van der Waals surface area contributed by atoms with Crippen LogP contribution in [0.25, 0.3) is 0 Å². The van der Waals surface area contributed by atoms with Crippen LogP contribution in [0.3, 0.4) is 0 Å². The minimum Gasteiger partial charge on any atom is -0.305 e. The zero-order valence-corrected chi connectivity index (χ0v) is 11.6. The molecule has 0 radical (unpaired) electrons. The highest BCUT2D eigenvalue weighted by Gasteiger charge is 2.18. The van der Waals surface area contributed by atoms with Gasteiger partial charge >= 0.3 is 0 Å². The zero-order valence-electron chi connectivity index (χ0n) is 10.8. The number of hydrogen-bond acceptors (Lipinski definition) is 3. The molecule has 1 aliphatic rings. The first-order valence-electron chi connectivity index (χ1n) is 6.46. The summed E-state index contributed by atoms with van der Waals surface area (Å²) in [7, 11) is 0. The second kappa shape index (κ2) is 4.78. The van der Waals surface area contributed by atoms with Gasteiger partial charge in [-0.15, -0.1) is 11.3 Å². The molecule has 1 aliphatic carbocycles. The van der Waals surface area contributed by atoms with Gasteiger partial charge in [-0.25, -0.2) is 0 Å². The van der Waals surface area contributed by atoms with E-state index in [-0.39, 0.29) is 17.9 Å². The highest BCUT2D eigenvalue weighted by atomic mass is 32.1. The average molecular weight is 273 g/mol. The molecule has 0 spiro atoms. The monoisotopic (exact) mass is 273 g/mol. The molecular weight excluding hydrogens is 258 g/mol. The summed E-state index contributed by atoms with van der Waals surface area (Å²) < 4.78 is 1.65. The largest absolute Gasteiger partial charge is 0.305 e. The molecule has 2 aromatic rings. The predicted octanol–water partition coefficient (Wildman–Crippen LogP) is 2.59. The number of Topliss-reactive ketones (excluding diaryl/α,β-unsaturated/α-hetero) is 1. The molecule has 0 saturated carbocycles. The van der Waals surface area contributed by atoms with Gasteiger partial charge in [0, 0.05) is 16.6 Å². The van der Waals surface area contributed by atoms with Crippen LogP contribution in [0.2, 0.25) is 0 Å². The Labute approximate surface area is 115 Å². The molecule has 98 valence electrons. The summed E-state index contributed by atoms with van der Waals surface area (Å²) >= 11 is 1.49. The minimum absolute atomic E-state index is 0.0282. The number of aromatic nitrogens is 1. The van der Waals surface area contributed by atoms with E-state index < -0.39 is 0 Å². The molecule has 0 amide bonds. The van der Waals surface area contributed by atoms with E-state index in [4.69, 9.17) is 0 Å². The number of carbonyl (C=O) groups is 1. The van der Waals surface area contributed by atoms with Crippen LogP contribution >= 0.6 is 11.3 Å². The first-order valence-corrected chi connectivity index (χ1v) is 7.28. The van der Waals surface area contributed by atoms with Crippen molar-refractivity contribution in [2.45, 2.75) is 32.7 Å². The van der Waals surface area contributed by atoms with Crippen LogP contribution in [-0.2, 0) is 19.4 Å². The molecule has 2 aromatic heterocycles. The van der Waals surface area contributed by atoms with E-state index in [9.17, 15) is 9.59 Å². The van der Waals surface area contributed by atoms with Gasteiger partial charge in [0.1, 0.15) is 0 Å². The maximum absolute atomic E-state index is 12.2. The molecule has 0 bridgehead atoms. The van der Waals surface area contributed by atoms with Gasteiger partial charge in [-0.05, 0) is 43.9 Å². The van der Waals surface area contributed by atoms with Gasteiger partial charge in [0.25, 0.3) is 5.56 Å². The fourth-order valence-corrected chi connectivity index (χ4v) is 3.41. The highest BCUT2D eigenvalue weighted by molar-refractivity contribution is 7.14. The molecule has 0 aliphatic heterocycles. The molecule has 4 heteroatoms. The SMILES string of the molecule is Cc1ccc(C(=O)Cn2c3c(ccc2=O)CCC3)s1. The van der Waals surface area contributed by atoms with Crippen LogP contribution in [0.5, 0.6) is 0 Å². The third-order valence-electron chi connectivity index (χ3n) is 3.57. The lowest BCUT2D eigenvalue weighted by Gasteiger charge is -2.10. The van der Waals surface area contributed by atoms with Gasteiger partial charge in [0.15, 0.2) is 5.78 Å². The lowest BCUT2D eigenvalue weighted by molar-refractivity contribution is 0.0974. The van der Waals surface area contributed by atoms with Gasteiger partial charge in [0.2, 0.25) is 0 Å². The summed E-state index contributed by atoms with van der Waals surface area (Å²) in [6, 6.07) is 7.27. The van der Waals surface area contributed by atoms with Crippen molar-refractivity contribution < 1.29 is 4.79 Å². The number of hydrogen-bond donors (Lipinski definition) is 0. The number of rotatable bonds is 3. The lowest BCUT2D eigenvalue weighted by Crippen LogP contribution is -2.26. The topological polar surface area (TPSA) is 39.1 Å². The van der Waals surface area contributed by atoms with E-state index in [2.05, 4.69) is 0 Å². The van der Waals surface area contributed by atoms with Crippen molar-refractivity contribution in [3.8, 4) is 0 Å². The molecule has 2 heterocycles. The Kier molecular flexibility index (Phi) is 3.11. The van der Waals surface area contributed by atoms with Crippen LogP contribution in [0.1, 0.15) is 32.2 Å². The number of pyridine rings is 1. The van der Waals surface area contributed by atoms with Gasteiger partial charge < -0.3 is 4.57 Å². The Morgan fingerprint density at radius 2 is 2.11 bits per heavy atom. The third kappa shape index (κ3) is 2.28. The van der Waals surface area contributed by atoms with Crippen LogP contribution in [-0.4, -0.2) is 10.4 Å². The number of nitrogens with zero attached hydrogens (tertiary/aromatic N) is 1. The molecule has 3 nitrogen and oxygen atoms in total. The Morgan fingerprint density at radius 1 is 1.26 bits per heavy atom. The van der Waals surface area contributed by atoms with E-state index in [0.29, 0.717) is 0 Å². The van der Waals surface area contributed by atoms with Crippen molar-refractivity contribution in [3.05, 3.63) is 55.6 Å². The van der Waals surface area contributed by atoms with Gasteiger partial charge in [-0.2, -0.15) is 0 Å². The van der Waals surface area contributed by atoms with Crippen LogP contribution < -0.4 is 5.56 Å². The summed E-state index contributed by atoms with van der Waals surface area (Å²) in [5.74, 6) is 0.0282. The zero-order chi connectivity index (χ0) is 13.4. The van der Waals surface area contributed by atoms with E-state index in [1.807, 2.05) is 25.1 Å². The van der Waals surface area contributed by atoms with E-state index in [1.165, 1.54) is 16.9 Å². The van der Waals surface area contributed by atoms with Gasteiger partial charge in [-0.1, -0.05) is 6.07 Å². The fourth-order valence-electron chi connectivity index (χ4n) is 2.61. The maximum atomic E-state index is 12.2. The Hall–Kier alpha value is -1.68. The number of ketones is 1. The van der Waals surface area contributed by atoms with Gasteiger partial charge in [-0.3, -0.25) is 9.59 Å². The Morgan fingerprint density at radius 3 is 2.84 bits per heavy atom. The molecule has 19 heavy (non-hydrogen) atoms. The molecule has 0 aromatic carbocycles. The van der Waals surface area contributed by atoms with Crippen LogP contribution in [0.4, 0.5) is 0 Å². The van der Waals surface area contributed by atoms with Crippen molar-refractivity contribution >= 4 is 17.1 Å². The van der Waals surface area contributed by atoms with E-state index in [1.54, 1.807) is 10.6 Å². The first kappa shape index (κ1) is 12.4. The summed E-state index contributed by atoms with van der Waals surface area (Å²) in [5.41, 5.74) is 2.20. The summed E-state index contributed by atoms with van der Waals surface area (Å²) in [6.45, 7) is 2.15. The molecule has 0 atom stereocenters. The molecule has 0 unspecified atom stereocenters. The van der Waals surface area contributed by atoms with Gasteiger partial charge in [0.05, 0.1) is 11.4 Å². The second-order valence-corrected chi connectivity index (χ2v) is 6.20. The molecule has 0 N–H and O–H groups in total. The lowest BCUT2D eigenvalue weighted by atomic mass is 10.2. The fraction of sp³-hybridized carbons (Fsp3) is 0.333. The van der Waals surface area contributed by atoms with Crippen molar-refractivity contribution in [3.63, 3.8) is 0 Å². The highest BCUT2D eigenvalue weighted by Crippen LogP contribution is 2.21. The number of fused-ring (bicyclic) bond motifs is 1. The molecular formula is C15H15NO2S. The maximum Gasteiger partial charge on any atom is 0.251 e. The number of thiophene rings is 1. The summed E-state index contributed by atoms with van der Waals surface area (Å²) in [6.07, 6.45) is 3.00. The first-order chi connectivity index (χ1) is 9.15. The van der Waals surface area contributed by atoms with Crippen molar-refractivity contribution in [2.24, 2.45) is 0 Å². The summed E-state index contributed by atoms with van der Waals surface area (Å²) in [5, 5.41) is 0.